The summed E-state index contributed by atoms with van der Waals surface area (Å²) in [6.07, 6.45) is 0.779. The first-order valence-electron chi connectivity index (χ1n) is 9.47. The second-order valence-corrected chi connectivity index (χ2v) is 6.85. The van der Waals surface area contributed by atoms with Gasteiger partial charge >= 0.3 is 0 Å². The number of hydrogen-bond donors (Lipinski definition) is 2. The van der Waals surface area contributed by atoms with Crippen molar-refractivity contribution in [3.63, 3.8) is 0 Å². The van der Waals surface area contributed by atoms with Crippen molar-refractivity contribution >= 4 is 5.91 Å². The van der Waals surface area contributed by atoms with Gasteiger partial charge in [-0.25, -0.2) is 13.5 Å². The van der Waals surface area contributed by atoms with Crippen molar-refractivity contribution in [2.24, 2.45) is 0 Å². The van der Waals surface area contributed by atoms with Gasteiger partial charge in [-0.1, -0.05) is 30.3 Å². The van der Waals surface area contributed by atoms with Crippen LogP contribution in [0.15, 0.2) is 48.5 Å². The van der Waals surface area contributed by atoms with E-state index in [-0.39, 0.29) is 18.1 Å². The topological polar surface area (TPSA) is 59.0 Å². The maximum atomic E-state index is 14.1. The fourth-order valence-electron chi connectivity index (χ4n) is 3.17. The highest BCUT2D eigenvalue weighted by Crippen LogP contribution is 2.20. The normalized spacial score (nSPS) is 10.9. The summed E-state index contributed by atoms with van der Waals surface area (Å²) < 4.78 is 28.7. The molecule has 0 aliphatic carbocycles. The zero-order valence-electron chi connectivity index (χ0n) is 16.5. The first-order chi connectivity index (χ1) is 14.0. The minimum Gasteiger partial charge on any atom is -0.355 e. The number of amides is 1. The Morgan fingerprint density at radius 2 is 1.86 bits per heavy atom. The molecule has 5 nitrogen and oxygen atoms in total. The Hall–Kier alpha value is -3.06. The maximum absolute atomic E-state index is 14.1. The Morgan fingerprint density at radius 3 is 2.59 bits per heavy atom. The molecule has 3 rings (SSSR count). The first kappa shape index (κ1) is 20.7. The summed E-state index contributed by atoms with van der Waals surface area (Å²) in [6, 6.07) is 13.4. The number of hydrogen-bond acceptors (Lipinski definition) is 3. The Balaban J connectivity index is 1.53. The second-order valence-electron chi connectivity index (χ2n) is 6.85. The van der Waals surface area contributed by atoms with Crippen LogP contribution in [0.2, 0.25) is 0 Å². The van der Waals surface area contributed by atoms with Crippen molar-refractivity contribution in [2.75, 3.05) is 13.1 Å². The number of aromatic nitrogens is 2. The Labute approximate surface area is 168 Å². The Morgan fingerprint density at radius 1 is 1.10 bits per heavy atom. The lowest BCUT2D eigenvalue weighted by Crippen LogP contribution is -2.34. The van der Waals surface area contributed by atoms with E-state index in [1.54, 1.807) is 0 Å². The summed E-state index contributed by atoms with van der Waals surface area (Å²) >= 11 is 0. The zero-order chi connectivity index (χ0) is 20.8. The van der Waals surface area contributed by atoms with Crippen LogP contribution in [0.5, 0.6) is 0 Å². The van der Waals surface area contributed by atoms with Crippen LogP contribution >= 0.6 is 0 Å². The average Bonchev–Trinajstić information content (AvgIpc) is 2.97. The molecule has 0 atom stereocenters. The Kier molecular flexibility index (Phi) is 6.72. The van der Waals surface area contributed by atoms with Crippen LogP contribution in [0.1, 0.15) is 22.5 Å². The molecule has 3 aromatic rings. The van der Waals surface area contributed by atoms with E-state index in [0.717, 1.165) is 29.4 Å². The molecule has 0 aliphatic heterocycles. The van der Waals surface area contributed by atoms with Crippen LogP contribution in [0.3, 0.4) is 0 Å². The minimum atomic E-state index is -0.673. The van der Waals surface area contributed by atoms with Gasteiger partial charge in [0.05, 0.1) is 12.2 Å². The summed E-state index contributed by atoms with van der Waals surface area (Å²) in [5.74, 6) is -1.39. The molecule has 29 heavy (non-hydrogen) atoms. The quantitative estimate of drug-likeness (QED) is 0.613. The molecule has 0 spiro atoms. The molecule has 0 saturated heterocycles. The predicted molar refractivity (Wildman–Crippen MR) is 108 cm³/mol. The van der Waals surface area contributed by atoms with E-state index in [0.29, 0.717) is 13.1 Å². The van der Waals surface area contributed by atoms with Gasteiger partial charge in [-0.05, 0) is 38.0 Å². The summed E-state index contributed by atoms with van der Waals surface area (Å²) in [6.45, 7) is 4.81. The van der Waals surface area contributed by atoms with Crippen LogP contribution in [0.4, 0.5) is 8.78 Å². The van der Waals surface area contributed by atoms with Crippen LogP contribution in [-0.4, -0.2) is 28.8 Å². The lowest BCUT2D eigenvalue weighted by Gasteiger charge is -2.09. The SMILES string of the molecule is Cc1nn(-c2ccc(F)cc2F)c(C)c1CNCC(=O)NCCc1ccccc1. The van der Waals surface area contributed by atoms with Crippen LogP contribution in [0, 0.1) is 25.5 Å². The van der Waals surface area contributed by atoms with Gasteiger partial charge in [0.1, 0.15) is 11.5 Å². The average molecular weight is 398 g/mol. The number of rotatable bonds is 8. The summed E-state index contributed by atoms with van der Waals surface area (Å²) in [5, 5.41) is 10.3. The molecule has 1 amide bonds. The third kappa shape index (κ3) is 5.26. The van der Waals surface area contributed by atoms with E-state index in [1.807, 2.05) is 44.2 Å². The van der Waals surface area contributed by atoms with Gasteiger partial charge in [-0.15, -0.1) is 0 Å². The molecule has 0 unspecified atom stereocenters. The molecule has 2 N–H and O–H groups in total. The first-order valence-corrected chi connectivity index (χ1v) is 9.47. The number of nitrogens with zero attached hydrogens (tertiary/aromatic N) is 2. The molecule has 1 heterocycles. The van der Waals surface area contributed by atoms with Crippen LogP contribution in [-0.2, 0) is 17.8 Å². The third-order valence-corrected chi connectivity index (χ3v) is 4.75. The van der Waals surface area contributed by atoms with Gasteiger partial charge in [0, 0.05) is 30.4 Å². The number of benzene rings is 2. The van der Waals surface area contributed by atoms with E-state index in [4.69, 9.17) is 0 Å². The van der Waals surface area contributed by atoms with Gasteiger partial charge in [-0.3, -0.25) is 4.79 Å². The second kappa shape index (κ2) is 9.43. The number of carbonyl (C=O) groups is 1. The monoisotopic (exact) mass is 398 g/mol. The van der Waals surface area contributed by atoms with Gasteiger partial charge in [0.2, 0.25) is 5.91 Å². The van der Waals surface area contributed by atoms with E-state index < -0.39 is 11.6 Å². The highest BCUT2D eigenvalue weighted by Gasteiger charge is 2.16. The molecule has 2 aromatic carbocycles. The zero-order valence-corrected chi connectivity index (χ0v) is 16.5. The van der Waals surface area contributed by atoms with Crippen LogP contribution in [0.25, 0.3) is 5.69 Å². The smallest absolute Gasteiger partial charge is 0.233 e. The molecule has 0 bridgehead atoms. The summed E-state index contributed by atoms with van der Waals surface area (Å²) in [4.78, 5) is 12.0. The molecule has 1 aromatic heterocycles. The molecular weight excluding hydrogens is 374 g/mol. The van der Waals surface area contributed by atoms with Gasteiger partial charge in [0.15, 0.2) is 5.82 Å². The van der Waals surface area contributed by atoms with Crippen molar-refractivity contribution < 1.29 is 13.6 Å². The van der Waals surface area contributed by atoms with E-state index in [9.17, 15) is 13.6 Å². The molecule has 0 aliphatic rings. The lowest BCUT2D eigenvalue weighted by molar-refractivity contribution is -0.120. The van der Waals surface area contributed by atoms with Crippen molar-refractivity contribution in [3.05, 3.63) is 82.7 Å². The minimum absolute atomic E-state index is 0.0896. The van der Waals surface area contributed by atoms with Gasteiger partial charge in [0.25, 0.3) is 0 Å². The highest BCUT2D eigenvalue weighted by atomic mass is 19.1. The largest absolute Gasteiger partial charge is 0.355 e. The molecule has 0 radical (unpaired) electrons. The van der Waals surface area contributed by atoms with E-state index in [2.05, 4.69) is 15.7 Å². The molecular formula is C22H24F2N4O. The lowest BCUT2D eigenvalue weighted by atomic mass is 10.1. The fraction of sp³-hybridized carbons (Fsp3) is 0.273. The number of aryl methyl sites for hydroxylation is 1. The third-order valence-electron chi connectivity index (χ3n) is 4.75. The highest BCUT2D eigenvalue weighted by molar-refractivity contribution is 5.77. The number of carbonyl (C=O) groups excluding carboxylic acids is 1. The Bertz CT molecular complexity index is 986. The molecule has 0 saturated carbocycles. The van der Waals surface area contributed by atoms with Crippen molar-refractivity contribution in [2.45, 2.75) is 26.8 Å². The molecule has 0 fully saturated rings. The summed E-state index contributed by atoms with van der Waals surface area (Å²) in [5.41, 5.74) is 3.71. The van der Waals surface area contributed by atoms with Crippen molar-refractivity contribution in [1.82, 2.24) is 20.4 Å². The van der Waals surface area contributed by atoms with Gasteiger partial charge in [-0.2, -0.15) is 5.10 Å². The predicted octanol–water partition coefficient (Wildman–Crippen LogP) is 3.22. The van der Waals surface area contributed by atoms with E-state index in [1.165, 1.54) is 22.4 Å². The molecule has 7 heteroatoms. The van der Waals surface area contributed by atoms with Crippen molar-refractivity contribution in [3.8, 4) is 5.69 Å². The standard InChI is InChI=1S/C22H24F2N4O/c1-15-19(16(2)28(27-15)21-9-8-18(23)12-20(21)24)13-25-14-22(29)26-11-10-17-6-4-3-5-7-17/h3-9,12,25H,10-11,13-14H2,1-2H3,(H,26,29). The maximum Gasteiger partial charge on any atom is 0.233 e. The van der Waals surface area contributed by atoms with E-state index >= 15 is 0 Å². The van der Waals surface area contributed by atoms with Gasteiger partial charge < -0.3 is 10.6 Å². The number of nitrogens with one attached hydrogen (secondary N) is 2. The molecule has 152 valence electrons. The fourth-order valence-corrected chi connectivity index (χ4v) is 3.17. The van der Waals surface area contributed by atoms with Crippen LogP contribution < -0.4 is 10.6 Å². The summed E-state index contributed by atoms with van der Waals surface area (Å²) in [7, 11) is 0. The number of halogens is 2. The van der Waals surface area contributed by atoms with Crippen molar-refractivity contribution in [1.29, 1.82) is 0 Å².